The van der Waals surface area contributed by atoms with E-state index in [4.69, 9.17) is 5.26 Å². The van der Waals surface area contributed by atoms with Crippen molar-refractivity contribution in [3.63, 3.8) is 0 Å². The molecule has 1 amide bonds. The predicted octanol–water partition coefficient (Wildman–Crippen LogP) is 3.07. The minimum absolute atomic E-state index is 0.00149. The maximum atomic E-state index is 13.0. The molecule has 1 N–H and O–H groups in total. The summed E-state index contributed by atoms with van der Waals surface area (Å²) in [5.41, 5.74) is -3.12. The fraction of sp³-hybridized carbons (Fsp3) is 0.273. The molecule has 0 unspecified atom stereocenters. The smallest absolute Gasteiger partial charge is 0.325 e. The first-order chi connectivity index (χ1) is 9.34. The summed E-state index contributed by atoms with van der Waals surface area (Å²) in [5, 5.41) is 17.4. The highest BCUT2D eigenvalue weighted by molar-refractivity contribution is 9.09. The lowest BCUT2D eigenvalue weighted by atomic mass is 9.96. The van der Waals surface area contributed by atoms with E-state index in [2.05, 4.69) is 31.5 Å². The van der Waals surface area contributed by atoms with Crippen LogP contribution in [0.4, 0.5) is 18.9 Å². The van der Waals surface area contributed by atoms with E-state index in [0.717, 1.165) is 6.07 Å². The molecule has 0 saturated carbocycles. The van der Waals surface area contributed by atoms with Crippen molar-refractivity contribution >= 4 is 27.5 Å². The van der Waals surface area contributed by atoms with Gasteiger partial charge in [0.15, 0.2) is 0 Å². The number of amides is 1. The molecular weight excluding hydrogens is 341 g/mol. The predicted molar refractivity (Wildman–Crippen MR) is 66.2 cm³/mol. The number of anilines is 1. The normalized spacial score (nSPS) is 15.6. The summed E-state index contributed by atoms with van der Waals surface area (Å²) >= 11 is 2.92. The van der Waals surface area contributed by atoms with Crippen molar-refractivity contribution in [3.05, 3.63) is 29.3 Å². The van der Waals surface area contributed by atoms with Gasteiger partial charge in [-0.25, -0.2) is 0 Å². The van der Waals surface area contributed by atoms with Crippen LogP contribution in [0.15, 0.2) is 28.4 Å². The molecule has 5 nitrogen and oxygen atoms in total. The van der Waals surface area contributed by atoms with Gasteiger partial charge in [0.2, 0.25) is 5.91 Å². The second kappa shape index (κ2) is 4.86. The Morgan fingerprint density at radius 2 is 2.10 bits per heavy atom. The molecular formula is C11H6BrF3N4O. The first-order valence-electron chi connectivity index (χ1n) is 5.25. The monoisotopic (exact) mass is 346 g/mol. The number of halogens is 4. The van der Waals surface area contributed by atoms with Gasteiger partial charge in [0.05, 0.1) is 17.0 Å². The molecule has 1 heterocycles. The van der Waals surface area contributed by atoms with Gasteiger partial charge in [0.1, 0.15) is 0 Å². The number of hydrogen-bond donors (Lipinski definition) is 1. The average Bonchev–Trinajstić information content (AvgIpc) is 3.19. The highest BCUT2D eigenvalue weighted by Crippen LogP contribution is 2.53. The zero-order valence-electron chi connectivity index (χ0n) is 9.70. The third-order valence-corrected chi connectivity index (χ3v) is 3.13. The van der Waals surface area contributed by atoms with Crippen molar-refractivity contribution in [2.24, 2.45) is 10.2 Å². The van der Waals surface area contributed by atoms with Crippen molar-refractivity contribution in [2.45, 2.75) is 11.8 Å². The number of carbonyl (C=O) groups is 1. The van der Waals surface area contributed by atoms with Crippen LogP contribution < -0.4 is 5.32 Å². The molecule has 0 aliphatic carbocycles. The van der Waals surface area contributed by atoms with Gasteiger partial charge < -0.3 is 5.32 Å². The first kappa shape index (κ1) is 14.5. The Kier molecular flexibility index (Phi) is 3.52. The van der Waals surface area contributed by atoms with Crippen LogP contribution in [-0.4, -0.2) is 17.4 Å². The van der Waals surface area contributed by atoms with Crippen molar-refractivity contribution in [2.75, 3.05) is 10.6 Å². The van der Waals surface area contributed by atoms with E-state index in [1.165, 1.54) is 12.1 Å². The zero-order chi connectivity index (χ0) is 15.0. The SMILES string of the molecule is N#Cc1ccc(NC(=O)CBr)cc1C1(C(F)(F)F)N=N1. The molecule has 1 aliphatic rings. The molecule has 0 fully saturated rings. The molecule has 1 aromatic carbocycles. The Morgan fingerprint density at radius 3 is 2.55 bits per heavy atom. The van der Waals surface area contributed by atoms with Gasteiger partial charge in [-0.3, -0.25) is 4.79 Å². The molecule has 0 spiro atoms. The first-order valence-corrected chi connectivity index (χ1v) is 6.37. The van der Waals surface area contributed by atoms with Crippen molar-refractivity contribution in [1.29, 1.82) is 5.26 Å². The fourth-order valence-electron chi connectivity index (χ4n) is 1.63. The Hall–Kier alpha value is -1.95. The Labute approximate surface area is 119 Å². The number of carbonyl (C=O) groups excluding carboxylic acids is 1. The lowest BCUT2D eigenvalue weighted by Gasteiger charge is -2.17. The number of nitrogens with zero attached hydrogens (tertiary/aromatic N) is 3. The zero-order valence-corrected chi connectivity index (χ0v) is 11.3. The second-order valence-corrected chi connectivity index (χ2v) is 4.48. The third-order valence-electron chi connectivity index (χ3n) is 2.62. The van der Waals surface area contributed by atoms with Crippen LogP contribution in [0.2, 0.25) is 0 Å². The van der Waals surface area contributed by atoms with E-state index in [0.29, 0.717) is 0 Å². The summed E-state index contributed by atoms with van der Waals surface area (Å²) in [6.07, 6.45) is -4.73. The molecule has 0 radical (unpaired) electrons. The van der Waals surface area contributed by atoms with Gasteiger partial charge in [0, 0.05) is 11.3 Å². The molecule has 20 heavy (non-hydrogen) atoms. The second-order valence-electron chi connectivity index (χ2n) is 3.92. The molecule has 0 saturated heterocycles. The van der Waals surface area contributed by atoms with Crippen LogP contribution in [0.5, 0.6) is 0 Å². The van der Waals surface area contributed by atoms with Crippen LogP contribution in [0.1, 0.15) is 11.1 Å². The van der Waals surface area contributed by atoms with E-state index < -0.39 is 17.7 Å². The largest absolute Gasteiger partial charge is 0.442 e. The molecule has 0 aromatic heterocycles. The summed E-state index contributed by atoms with van der Waals surface area (Å²) in [6.45, 7) is 0. The number of nitrogens with one attached hydrogen (secondary N) is 1. The topological polar surface area (TPSA) is 77.6 Å². The molecule has 1 aromatic rings. The number of benzene rings is 1. The van der Waals surface area contributed by atoms with Gasteiger partial charge in [-0.05, 0) is 18.2 Å². The van der Waals surface area contributed by atoms with E-state index in [1.807, 2.05) is 0 Å². The van der Waals surface area contributed by atoms with Crippen LogP contribution in [0.3, 0.4) is 0 Å². The third kappa shape index (κ3) is 2.38. The summed E-state index contributed by atoms with van der Waals surface area (Å²) < 4.78 is 38.9. The number of rotatable bonds is 3. The van der Waals surface area contributed by atoms with Gasteiger partial charge >= 0.3 is 11.8 Å². The van der Waals surface area contributed by atoms with E-state index in [9.17, 15) is 18.0 Å². The Balaban J connectivity index is 2.44. The van der Waals surface area contributed by atoms with Crippen molar-refractivity contribution < 1.29 is 18.0 Å². The average molecular weight is 347 g/mol. The minimum Gasteiger partial charge on any atom is -0.325 e. The highest BCUT2D eigenvalue weighted by Gasteiger charge is 2.66. The van der Waals surface area contributed by atoms with Crippen LogP contribution in [-0.2, 0) is 10.5 Å². The summed E-state index contributed by atoms with van der Waals surface area (Å²) in [7, 11) is 0. The van der Waals surface area contributed by atoms with Gasteiger partial charge in [-0.15, -0.1) is 10.2 Å². The lowest BCUT2D eigenvalue weighted by Crippen LogP contribution is -2.31. The number of nitriles is 1. The van der Waals surface area contributed by atoms with Crippen LogP contribution in [0.25, 0.3) is 0 Å². The van der Waals surface area contributed by atoms with E-state index in [-0.39, 0.29) is 22.1 Å². The van der Waals surface area contributed by atoms with Gasteiger partial charge in [-0.2, -0.15) is 18.4 Å². The molecule has 104 valence electrons. The maximum Gasteiger partial charge on any atom is 0.442 e. The maximum absolute atomic E-state index is 13.0. The number of alkyl halides is 4. The minimum atomic E-state index is -4.73. The molecule has 9 heteroatoms. The Morgan fingerprint density at radius 1 is 1.45 bits per heavy atom. The lowest BCUT2D eigenvalue weighted by molar-refractivity contribution is -0.166. The van der Waals surface area contributed by atoms with Crippen molar-refractivity contribution in [3.8, 4) is 6.07 Å². The summed E-state index contributed by atoms with van der Waals surface area (Å²) in [4.78, 5) is 11.2. The summed E-state index contributed by atoms with van der Waals surface area (Å²) in [5.74, 6) is -0.425. The van der Waals surface area contributed by atoms with Crippen molar-refractivity contribution in [1.82, 2.24) is 0 Å². The van der Waals surface area contributed by atoms with Crippen LogP contribution >= 0.6 is 15.9 Å². The molecule has 0 atom stereocenters. The van der Waals surface area contributed by atoms with E-state index >= 15 is 0 Å². The molecule has 1 aliphatic heterocycles. The number of hydrogen-bond acceptors (Lipinski definition) is 4. The van der Waals surface area contributed by atoms with Crippen LogP contribution in [0, 0.1) is 11.3 Å². The highest BCUT2D eigenvalue weighted by atomic mass is 79.9. The van der Waals surface area contributed by atoms with E-state index in [1.54, 1.807) is 6.07 Å². The quantitative estimate of drug-likeness (QED) is 0.853. The standard InChI is InChI=1S/C11H6BrF3N4O/c12-4-9(20)17-7-2-1-6(5-16)8(3-7)10(18-19-10)11(13,14)15/h1-3H,4H2,(H,17,20). The van der Waals surface area contributed by atoms with Gasteiger partial charge in [0.25, 0.3) is 0 Å². The van der Waals surface area contributed by atoms with Gasteiger partial charge in [-0.1, -0.05) is 15.9 Å². The molecule has 2 rings (SSSR count). The molecule has 0 bridgehead atoms. The fourth-order valence-corrected chi connectivity index (χ4v) is 1.77. The summed E-state index contributed by atoms with van der Waals surface area (Å²) in [6, 6.07) is 5.26. The Bertz CT molecular complexity index is 630.